The average Bonchev–Trinajstić information content (AvgIpc) is 2.10. The van der Waals surface area contributed by atoms with Crippen molar-refractivity contribution in [1.82, 2.24) is 0 Å². The zero-order valence-corrected chi connectivity index (χ0v) is 8.37. The van der Waals surface area contributed by atoms with Gasteiger partial charge in [0, 0.05) is 6.92 Å². The number of hydrogen-bond donors (Lipinski definition) is 2. The van der Waals surface area contributed by atoms with E-state index >= 15 is 0 Å². The highest BCUT2D eigenvalue weighted by Gasteiger charge is 2.00. The predicted molar refractivity (Wildman–Crippen MR) is 59.9 cm³/mol. The Bertz CT molecular complexity index is 370. The van der Waals surface area contributed by atoms with E-state index in [1.165, 1.54) is 6.92 Å². The van der Waals surface area contributed by atoms with Gasteiger partial charge < -0.3 is 11.1 Å². The summed E-state index contributed by atoms with van der Waals surface area (Å²) in [5.74, 6) is -0.116. The normalized spacial score (nSPS) is 10.4. The molecule has 0 fully saturated rings. The summed E-state index contributed by atoms with van der Waals surface area (Å²) in [5.41, 5.74) is 7.95. The van der Waals surface area contributed by atoms with Crippen LogP contribution in [0, 0.1) is 0 Å². The van der Waals surface area contributed by atoms with Crippen molar-refractivity contribution in [3.8, 4) is 0 Å². The molecule has 0 radical (unpaired) electrons. The fourth-order valence-corrected chi connectivity index (χ4v) is 1.17. The molecule has 3 heteroatoms. The van der Waals surface area contributed by atoms with E-state index in [2.05, 4.69) is 5.32 Å². The Morgan fingerprint density at radius 3 is 2.79 bits per heavy atom. The number of carbonyl (C=O) groups excluding carboxylic acids is 1. The molecule has 3 N–H and O–H groups in total. The Hall–Kier alpha value is -1.77. The van der Waals surface area contributed by atoms with Gasteiger partial charge in [-0.25, -0.2) is 0 Å². The first-order valence-corrected chi connectivity index (χ1v) is 4.43. The quantitative estimate of drug-likeness (QED) is 0.703. The summed E-state index contributed by atoms with van der Waals surface area (Å²) in [6, 6.07) is 5.53. The molecule has 14 heavy (non-hydrogen) atoms. The molecule has 1 amide bonds. The largest absolute Gasteiger partial charge is 0.397 e. The van der Waals surface area contributed by atoms with Crippen LogP contribution in [-0.2, 0) is 4.79 Å². The van der Waals surface area contributed by atoms with Gasteiger partial charge in [-0.1, -0.05) is 18.2 Å². The van der Waals surface area contributed by atoms with Crippen molar-refractivity contribution in [3.63, 3.8) is 0 Å². The summed E-state index contributed by atoms with van der Waals surface area (Å²) in [6.07, 6.45) is 3.88. The third kappa shape index (κ3) is 2.62. The van der Waals surface area contributed by atoms with E-state index in [0.717, 1.165) is 5.56 Å². The van der Waals surface area contributed by atoms with Crippen LogP contribution >= 0.6 is 0 Å². The molecule has 0 aliphatic rings. The highest BCUT2D eigenvalue weighted by Crippen LogP contribution is 2.20. The van der Waals surface area contributed by atoms with Gasteiger partial charge in [-0.3, -0.25) is 4.79 Å². The van der Waals surface area contributed by atoms with Gasteiger partial charge >= 0.3 is 0 Å². The number of nitrogen functional groups attached to an aromatic ring is 1. The zero-order chi connectivity index (χ0) is 10.6. The van der Waals surface area contributed by atoms with Crippen LogP contribution < -0.4 is 11.1 Å². The lowest BCUT2D eigenvalue weighted by atomic mass is 10.1. The van der Waals surface area contributed by atoms with Gasteiger partial charge in [0.25, 0.3) is 0 Å². The molecule has 0 unspecified atom stereocenters. The lowest BCUT2D eigenvalue weighted by molar-refractivity contribution is -0.114. The molecule has 0 saturated heterocycles. The van der Waals surface area contributed by atoms with Crippen LogP contribution in [0.25, 0.3) is 6.08 Å². The minimum absolute atomic E-state index is 0.116. The lowest BCUT2D eigenvalue weighted by Gasteiger charge is -2.06. The van der Waals surface area contributed by atoms with E-state index in [0.29, 0.717) is 11.4 Å². The van der Waals surface area contributed by atoms with E-state index in [4.69, 9.17) is 5.73 Å². The fourth-order valence-electron chi connectivity index (χ4n) is 1.17. The van der Waals surface area contributed by atoms with Crippen LogP contribution in [-0.4, -0.2) is 5.91 Å². The zero-order valence-electron chi connectivity index (χ0n) is 8.37. The van der Waals surface area contributed by atoms with Crippen LogP contribution in [0.3, 0.4) is 0 Å². The molecule has 0 atom stereocenters. The van der Waals surface area contributed by atoms with Gasteiger partial charge in [0.05, 0.1) is 11.4 Å². The molecule has 0 aliphatic heterocycles. The predicted octanol–water partition coefficient (Wildman–Crippen LogP) is 2.26. The summed E-state index contributed by atoms with van der Waals surface area (Å²) >= 11 is 0. The first-order chi connectivity index (χ1) is 6.63. The molecular formula is C11H14N2O. The second-order valence-corrected chi connectivity index (χ2v) is 3.03. The van der Waals surface area contributed by atoms with Crippen molar-refractivity contribution >= 4 is 23.4 Å². The van der Waals surface area contributed by atoms with Crippen molar-refractivity contribution in [3.05, 3.63) is 29.8 Å². The number of nitrogens with two attached hydrogens (primary N) is 1. The molecule has 74 valence electrons. The minimum Gasteiger partial charge on any atom is -0.397 e. The number of benzene rings is 1. The van der Waals surface area contributed by atoms with Crippen LogP contribution in [0.15, 0.2) is 24.3 Å². The number of carbonyl (C=O) groups is 1. The van der Waals surface area contributed by atoms with Crippen molar-refractivity contribution in [2.75, 3.05) is 11.1 Å². The van der Waals surface area contributed by atoms with E-state index < -0.39 is 0 Å². The van der Waals surface area contributed by atoms with Crippen LogP contribution in [0.5, 0.6) is 0 Å². The van der Waals surface area contributed by atoms with E-state index in [1.807, 2.05) is 31.2 Å². The second kappa shape index (κ2) is 4.46. The summed E-state index contributed by atoms with van der Waals surface area (Å²) in [6.45, 7) is 3.40. The molecule has 0 aliphatic carbocycles. The standard InChI is InChI=1S/C11H14N2O/c1-3-4-9-5-6-10(12)11(7-9)13-8(2)14/h3-7H,12H2,1-2H3,(H,13,14). The highest BCUT2D eigenvalue weighted by molar-refractivity contribution is 5.92. The molecule has 0 saturated carbocycles. The van der Waals surface area contributed by atoms with Gasteiger partial charge in [0.15, 0.2) is 0 Å². The molecule has 0 aromatic heterocycles. The van der Waals surface area contributed by atoms with Crippen molar-refractivity contribution < 1.29 is 4.79 Å². The highest BCUT2D eigenvalue weighted by atomic mass is 16.1. The molecule has 1 aromatic rings. The fraction of sp³-hybridized carbons (Fsp3) is 0.182. The maximum absolute atomic E-state index is 10.8. The first kappa shape index (κ1) is 10.3. The number of rotatable bonds is 2. The molecule has 0 bridgehead atoms. The number of allylic oxidation sites excluding steroid dienone is 1. The SMILES string of the molecule is CC=Cc1ccc(N)c(NC(C)=O)c1. The summed E-state index contributed by atoms with van der Waals surface area (Å²) < 4.78 is 0. The van der Waals surface area contributed by atoms with Gasteiger partial charge in [0.1, 0.15) is 0 Å². The topological polar surface area (TPSA) is 55.1 Å². The Labute approximate surface area is 83.6 Å². The molecule has 3 nitrogen and oxygen atoms in total. The van der Waals surface area contributed by atoms with Crippen molar-refractivity contribution in [2.45, 2.75) is 13.8 Å². The molecular weight excluding hydrogens is 176 g/mol. The summed E-state index contributed by atoms with van der Waals surface area (Å²) in [5, 5.41) is 2.67. The van der Waals surface area contributed by atoms with Crippen LogP contribution in [0.4, 0.5) is 11.4 Å². The third-order valence-corrected chi connectivity index (χ3v) is 1.75. The average molecular weight is 190 g/mol. The first-order valence-electron chi connectivity index (χ1n) is 4.43. The molecule has 1 aromatic carbocycles. The van der Waals surface area contributed by atoms with Crippen molar-refractivity contribution in [1.29, 1.82) is 0 Å². The van der Waals surface area contributed by atoms with Gasteiger partial charge in [0.2, 0.25) is 5.91 Å². The Balaban J connectivity index is 3.01. The third-order valence-electron chi connectivity index (χ3n) is 1.75. The number of anilines is 2. The number of hydrogen-bond acceptors (Lipinski definition) is 2. The van der Waals surface area contributed by atoms with Crippen LogP contribution in [0.2, 0.25) is 0 Å². The molecule has 0 spiro atoms. The smallest absolute Gasteiger partial charge is 0.221 e. The summed E-state index contributed by atoms with van der Waals surface area (Å²) in [7, 11) is 0. The van der Waals surface area contributed by atoms with Crippen molar-refractivity contribution in [2.24, 2.45) is 0 Å². The summed E-state index contributed by atoms with van der Waals surface area (Å²) in [4.78, 5) is 10.8. The molecule has 1 rings (SSSR count). The van der Waals surface area contributed by atoms with Crippen LogP contribution in [0.1, 0.15) is 19.4 Å². The Kier molecular flexibility index (Phi) is 3.29. The maximum atomic E-state index is 10.8. The minimum atomic E-state index is -0.116. The van der Waals surface area contributed by atoms with E-state index in [-0.39, 0.29) is 5.91 Å². The Morgan fingerprint density at radius 2 is 2.21 bits per heavy atom. The maximum Gasteiger partial charge on any atom is 0.221 e. The number of nitrogens with one attached hydrogen (secondary N) is 1. The number of amides is 1. The van der Waals surface area contributed by atoms with Gasteiger partial charge in [-0.05, 0) is 24.6 Å². The Morgan fingerprint density at radius 1 is 1.50 bits per heavy atom. The van der Waals surface area contributed by atoms with E-state index in [1.54, 1.807) is 6.07 Å². The monoisotopic (exact) mass is 190 g/mol. The lowest BCUT2D eigenvalue weighted by Crippen LogP contribution is -2.08. The van der Waals surface area contributed by atoms with E-state index in [9.17, 15) is 4.79 Å². The van der Waals surface area contributed by atoms with Gasteiger partial charge in [-0.2, -0.15) is 0 Å². The molecule has 0 heterocycles. The second-order valence-electron chi connectivity index (χ2n) is 3.03. The van der Waals surface area contributed by atoms with Gasteiger partial charge in [-0.15, -0.1) is 0 Å².